The van der Waals surface area contributed by atoms with E-state index in [1.165, 1.54) is 18.2 Å². The Morgan fingerprint density at radius 1 is 1.05 bits per heavy atom. The second-order valence-electron chi connectivity index (χ2n) is 4.56. The molecule has 0 heterocycles. The Bertz CT molecular complexity index is 681. The predicted octanol–water partition coefficient (Wildman–Crippen LogP) is 2.92. The molecule has 0 aromatic heterocycles. The molecule has 0 spiro atoms. The van der Waals surface area contributed by atoms with Crippen LogP contribution in [0.2, 0.25) is 0 Å². The highest BCUT2D eigenvalue weighted by Crippen LogP contribution is 2.19. The normalized spacial score (nSPS) is 9.95. The van der Waals surface area contributed by atoms with Crippen LogP contribution in [-0.4, -0.2) is 17.1 Å². The van der Waals surface area contributed by atoms with Gasteiger partial charge in [0.25, 0.3) is 0 Å². The number of benzene rings is 2. The number of rotatable bonds is 3. The minimum atomic E-state index is -1.16. The van der Waals surface area contributed by atoms with Crippen molar-refractivity contribution in [3.63, 3.8) is 0 Å². The summed E-state index contributed by atoms with van der Waals surface area (Å²) in [6.07, 6.45) is 0. The Balaban J connectivity index is 2.12. The van der Waals surface area contributed by atoms with E-state index in [9.17, 15) is 9.59 Å². The third-order valence-corrected chi connectivity index (χ3v) is 2.83. The fourth-order valence-corrected chi connectivity index (χ4v) is 1.77. The molecule has 0 saturated carbocycles. The third-order valence-electron chi connectivity index (χ3n) is 2.83. The molecule has 0 bridgehead atoms. The number of carboxylic acid groups (broad SMARTS) is 1. The lowest BCUT2D eigenvalue weighted by atomic mass is 10.1. The van der Waals surface area contributed by atoms with Gasteiger partial charge in [-0.15, -0.1) is 0 Å². The molecule has 6 nitrogen and oxygen atoms in total. The van der Waals surface area contributed by atoms with Gasteiger partial charge in [-0.2, -0.15) is 0 Å². The zero-order valence-electron chi connectivity index (χ0n) is 11.4. The molecule has 5 N–H and O–H groups in total. The molecule has 0 saturated heterocycles. The molecular weight excluding hydrogens is 270 g/mol. The van der Waals surface area contributed by atoms with E-state index < -0.39 is 12.0 Å². The maximum atomic E-state index is 11.9. The monoisotopic (exact) mass is 285 g/mol. The highest BCUT2D eigenvalue weighted by Gasteiger charge is 2.12. The predicted molar refractivity (Wildman–Crippen MR) is 81.6 cm³/mol. The first-order valence-electron chi connectivity index (χ1n) is 6.23. The maximum absolute atomic E-state index is 11.9. The minimum Gasteiger partial charge on any atom is -0.478 e. The molecule has 6 heteroatoms. The minimum absolute atomic E-state index is 0.0611. The van der Waals surface area contributed by atoms with Gasteiger partial charge in [-0.3, -0.25) is 0 Å². The molecule has 2 rings (SSSR count). The van der Waals surface area contributed by atoms with Gasteiger partial charge in [-0.25, -0.2) is 9.59 Å². The number of amides is 2. The average Bonchev–Trinajstić information content (AvgIpc) is 2.43. The number of aryl methyl sites for hydroxylation is 1. The molecule has 2 aromatic rings. The molecule has 0 unspecified atom stereocenters. The van der Waals surface area contributed by atoms with E-state index >= 15 is 0 Å². The number of carboxylic acids is 1. The van der Waals surface area contributed by atoms with Crippen molar-refractivity contribution in [2.24, 2.45) is 0 Å². The van der Waals surface area contributed by atoms with Crippen LogP contribution in [0.5, 0.6) is 0 Å². The van der Waals surface area contributed by atoms with Crippen LogP contribution < -0.4 is 16.4 Å². The van der Waals surface area contributed by atoms with Crippen molar-refractivity contribution >= 4 is 29.1 Å². The van der Waals surface area contributed by atoms with Crippen LogP contribution in [0.3, 0.4) is 0 Å². The van der Waals surface area contributed by atoms with Crippen molar-refractivity contribution in [1.29, 1.82) is 0 Å². The van der Waals surface area contributed by atoms with Crippen LogP contribution >= 0.6 is 0 Å². The van der Waals surface area contributed by atoms with E-state index in [0.29, 0.717) is 11.4 Å². The van der Waals surface area contributed by atoms with Gasteiger partial charge in [0.15, 0.2) is 0 Å². The first kappa shape index (κ1) is 14.4. The van der Waals surface area contributed by atoms with Crippen LogP contribution in [0.1, 0.15) is 15.9 Å². The van der Waals surface area contributed by atoms with Gasteiger partial charge >= 0.3 is 12.0 Å². The standard InChI is InChI=1S/C15H15N3O3/c1-9-2-5-11(6-3-9)17-15(21)18-13-7-4-10(16)8-12(13)14(19)20/h2-8H,16H2,1H3,(H,19,20)(H2,17,18,21). The molecule has 0 aliphatic rings. The van der Waals surface area contributed by atoms with Crippen molar-refractivity contribution in [2.45, 2.75) is 6.92 Å². The van der Waals surface area contributed by atoms with E-state index in [1.807, 2.05) is 19.1 Å². The largest absolute Gasteiger partial charge is 0.478 e. The number of aromatic carboxylic acids is 1. The van der Waals surface area contributed by atoms with Crippen molar-refractivity contribution in [2.75, 3.05) is 16.4 Å². The molecule has 2 aromatic carbocycles. The second kappa shape index (κ2) is 5.96. The fraction of sp³-hybridized carbons (Fsp3) is 0.0667. The topological polar surface area (TPSA) is 104 Å². The Morgan fingerprint density at radius 2 is 1.71 bits per heavy atom. The molecule has 2 amide bonds. The molecule has 0 atom stereocenters. The van der Waals surface area contributed by atoms with Crippen molar-refractivity contribution in [3.8, 4) is 0 Å². The number of carbonyl (C=O) groups excluding carboxylic acids is 1. The number of carbonyl (C=O) groups is 2. The lowest BCUT2D eigenvalue weighted by Crippen LogP contribution is -2.21. The first-order valence-corrected chi connectivity index (χ1v) is 6.23. The van der Waals surface area contributed by atoms with Gasteiger partial charge in [-0.1, -0.05) is 17.7 Å². The van der Waals surface area contributed by atoms with Gasteiger partial charge in [-0.05, 0) is 37.3 Å². The summed E-state index contributed by atoms with van der Waals surface area (Å²) in [6, 6.07) is 11.0. The maximum Gasteiger partial charge on any atom is 0.337 e. The molecule has 108 valence electrons. The van der Waals surface area contributed by atoms with Crippen molar-refractivity contribution < 1.29 is 14.7 Å². The lowest BCUT2D eigenvalue weighted by molar-refractivity contribution is 0.0698. The summed E-state index contributed by atoms with van der Waals surface area (Å²) >= 11 is 0. The van der Waals surface area contributed by atoms with Gasteiger partial charge in [0.05, 0.1) is 11.3 Å². The summed E-state index contributed by atoms with van der Waals surface area (Å²) in [5.41, 5.74) is 7.67. The summed E-state index contributed by atoms with van der Waals surface area (Å²) in [7, 11) is 0. The van der Waals surface area contributed by atoms with Crippen LogP contribution in [-0.2, 0) is 0 Å². The summed E-state index contributed by atoms with van der Waals surface area (Å²) in [4.78, 5) is 23.0. The zero-order chi connectivity index (χ0) is 15.4. The van der Waals surface area contributed by atoms with Gasteiger partial charge in [0.1, 0.15) is 0 Å². The highest BCUT2D eigenvalue weighted by atomic mass is 16.4. The van der Waals surface area contributed by atoms with E-state index in [0.717, 1.165) is 5.56 Å². The van der Waals surface area contributed by atoms with Gasteiger partial charge in [0, 0.05) is 11.4 Å². The molecular formula is C15H15N3O3. The number of hydrogen-bond acceptors (Lipinski definition) is 3. The van der Waals surface area contributed by atoms with Crippen molar-refractivity contribution in [1.82, 2.24) is 0 Å². The molecule has 0 radical (unpaired) electrons. The SMILES string of the molecule is Cc1ccc(NC(=O)Nc2ccc(N)cc2C(=O)O)cc1. The molecule has 0 aliphatic heterocycles. The number of anilines is 3. The lowest BCUT2D eigenvalue weighted by Gasteiger charge is -2.10. The number of urea groups is 1. The van der Waals surface area contributed by atoms with E-state index in [2.05, 4.69) is 10.6 Å². The Morgan fingerprint density at radius 3 is 2.33 bits per heavy atom. The Kier molecular flexibility index (Phi) is 4.08. The quantitative estimate of drug-likeness (QED) is 0.651. The Labute approximate surface area is 121 Å². The summed E-state index contributed by atoms with van der Waals surface area (Å²) in [5.74, 6) is -1.16. The number of nitrogens with one attached hydrogen (secondary N) is 2. The third kappa shape index (κ3) is 3.73. The smallest absolute Gasteiger partial charge is 0.337 e. The van der Waals surface area contributed by atoms with Crippen molar-refractivity contribution in [3.05, 3.63) is 53.6 Å². The molecule has 21 heavy (non-hydrogen) atoms. The summed E-state index contributed by atoms with van der Waals surface area (Å²) in [6.45, 7) is 1.94. The van der Waals surface area contributed by atoms with Gasteiger partial charge in [0.2, 0.25) is 0 Å². The number of nitrogens with two attached hydrogens (primary N) is 1. The number of hydrogen-bond donors (Lipinski definition) is 4. The van der Waals surface area contributed by atoms with Gasteiger partial charge < -0.3 is 21.5 Å². The zero-order valence-corrected chi connectivity index (χ0v) is 11.4. The van der Waals surface area contributed by atoms with Crippen LogP contribution in [0, 0.1) is 6.92 Å². The highest BCUT2D eigenvalue weighted by molar-refractivity contribution is 6.05. The summed E-state index contributed by atoms with van der Waals surface area (Å²) < 4.78 is 0. The second-order valence-corrected chi connectivity index (χ2v) is 4.56. The molecule has 0 fully saturated rings. The molecule has 0 aliphatic carbocycles. The van der Waals surface area contributed by atoms with Crippen LogP contribution in [0.4, 0.5) is 21.9 Å². The van der Waals surface area contributed by atoms with Crippen LogP contribution in [0.25, 0.3) is 0 Å². The fourth-order valence-electron chi connectivity index (χ4n) is 1.77. The number of nitrogen functional groups attached to an aromatic ring is 1. The first-order chi connectivity index (χ1) is 9.95. The van der Waals surface area contributed by atoms with E-state index in [-0.39, 0.29) is 11.3 Å². The Hall–Kier alpha value is -3.02. The van der Waals surface area contributed by atoms with E-state index in [1.54, 1.807) is 12.1 Å². The van der Waals surface area contributed by atoms with E-state index in [4.69, 9.17) is 10.8 Å². The summed E-state index contributed by atoms with van der Waals surface area (Å²) in [5, 5.41) is 14.2. The van der Waals surface area contributed by atoms with Crippen LogP contribution in [0.15, 0.2) is 42.5 Å². The average molecular weight is 285 g/mol.